The summed E-state index contributed by atoms with van der Waals surface area (Å²) in [5.41, 5.74) is 0. The molecule has 1 fully saturated rings. The normalized spacial score (nSPS) is 17.8. The van der Waals surface area contributed by atoms with Crippen molar-refractivity contribution < 1.29 is 17.5 Å². The smallest absolute Gasteiger partial charge is 0.241 e. The Bertz CT molecular complexity index is 783. The lowest BCUT2D eigenvalue weighted by Gasteiger charge is -2.30. The lowest BCUT2D eigenvalue weighted by Crippen LogP contribution is -2.37. The van der Waals surface area contributed by atoms with Crippen LogP contribution < -0.4 is 4.72 Å². The maximum atomic E-state index is 13.1. The minimum absolute atomic E-state index is 0.0372. The van der Waals surface area contributed by atoms with Crippen LogP contribution >= 0.6 is 0 Å². The Morgan fingerprint density at radius 2 is 1.96 bits per heavy atom. The van der Waals surface area contributed by atoms with Crippen molar-refractivity contribution in [2.24, 2.45) is 13.0 Å². The number of hydrogen-bond acceptors (Lipinski definition) is 4. The number of aromatic nitrogens is 2. The van der Waals surface area contributed by atoms with Crippen molar-refractivity contribution in [2.75, 3.05) is 13.2 Å². The standard InChI is InChI=1S/C16H20FN3O3S/c1-20-9-8-18-16(20)15(12-6-10-23-11-7-12)19-24(21,22)14-4-2-13(17)3-5-14/h2-5,8-9,12,15,19H,6-7,10-11H2,1H3. The van der Waals surface area contributed by atoms with Crippen LogP contribution in [0.15, 0.2) is 41.6 Å². The molecule has 1 atom stereocenters. The van der Waals surface area contributed by atoms with Gasteiger partial charge in [-0.2, -0.15) is 0 Å². The highest BCUT2D eigenvalue weighted by molar-refractivity contribution is 7.89. The number of nitrogens with zero attached hydrogens (tertiary/aromatic N) is 2. The average Bonchev–Trinajstić information content (AvgIpc) is 3.00. The molecule has 0 saturated carbocycles. The molecule has 1 aliphatic heterocycles. The van der Waals surface area contributed by atoms with E-state index in [0.717, 1.165) is 25.0 Å². The first-order valence-corrected chi connectivity index (χ1v) is 9.28. The zero-order valence-corrected chi connectivity index (χ0v) is 14.2. The van der Waals surface area contributed by atoms with E-state index in [0.29, 0.717) is 19.0 Å². The fourth-order valence-electron chi connectivity index (χ4n) is 2.93. The number of imidazole rings is 1. The molecule has 0 bridgehead atoms. The van der Waals surface area contributed by atoms with Gasteiger partial charge in [0.05, 0.1) is 10.9 Å². The molecule has 2 aromatic rings. The van der Waals surface area contributed by atoms with E-state index in [1.807, 2.05) is 11.6 Å². The minimum atomic E-state index is -3.78. The van der Waals surface area contributed by atoms with Crippen LogP contribution in [0.5, 0.6) is 0 Å². The lowest BCUT2D eigenvalue weighted by molar-refractivity contribution is 0.0551. The number of benzene rings is 1. The van der Waals surface area contributed by atoms with E-state index in [2.05, 4.69) is 9.71 Å². The molecule has 6 nitrogen and oxygen atoms in total. The Hall–Kier alpha value is -1.77. The summed E-state index contributed by atoms with van der Waals surface area (Å²) in [6, 6.07) is 4.34. The van der Waals surface area contributed by atoms with Gasteiger partial charge >= 0.3 is 0 Å². The van der Waals surface area contributed by atoms with Crippen molar-refractivity contribution in [3.63, 3.8) is 0 Å². The van der Waals surface area contributed by atoms with Gasteiger partial charge < -0.3 is 9.30 Å². The molecule has 24 heavy (non-hydrogen) atoms. The Morgan fingerprint density at radius 1 is 1.29 bits per heavy atom. The number of halogens is 1. The van der Waals surface area contributed by atoms with Crippen LogP contribution in [0.25, 0.3) is 0 Å². The first kappa shape index (κ1) is 17.1. The van der Waals surface area contributed by atoms with Gasteiger partial charge in [-0.1, -0.05) is 0 Å². The molecule has 0 radical (unpaired) electrons. The van der Waals surface area contributed by atoms with Crippen molar-refractivity contribution in [1.82, 2.24) is 14.3 Å². The molecule has 3 rings (SSSR count). The zero-order chi connectivity index (χ0) is 17.2. The number of nitrogens with one attached hydrogen (secondary N) is 1. The molecule has 8 heteroatoms. The Balaban J connectivity index is 1.91. The molecule has 1 aromatic carbocycles. The largest absolute Gasteiger partial charge is 0.381 e. The molecule has 0 spiro atoms. The summed E-state index contributed by atoms with van der Waals surface area (Å²) in [5, 5.41) is 0. The van der Waals surface area contributed by atoms with Crippen molar-refractivity contribution in [3.05, 3.63) is 48.3 Å². The summed E-state index contributed by atoms with van der Waals surface area (Å²) in [5.74, 6) is 0.279. The van der Waals surface area contributed by atoms with Crippen LogP contribution in [0.2, 0.25) is 0 Å². The maximum Gasteiger partial charge on any atom is 0.241 e. The van der Waals surface area contributed by atoms with Crippen molar-refractivity contribution in [2.45, 2.75) is 23.8 Å². The number of aryl methyl sites for hydroxylation is 1. The second-order valence-corrected chi connectivity index (χ2v) is 7.61. The Labute approximate surface area is 140 Å². The van der Waals surface area contributed by atoms with Crippen LogP contribution in [0, 0.1) is 11.7 Å². The third-order valence-corrected chi connectivity index (χ3v) is 5.74. The zero-order valence-electron chi connectivity index (χ0n) is 13.4. The van der Waals surface area contributed by atoms with Crippen LogP contribution in [0.3, 0.4) is 0 Å². The number of ether oxygens (including phenoxy) is 1. The van der Waals surface area contributed by atoms with E-state index < -0.39 is 21.9 Å². The summed E-state index contributed by atoms with van der Waals surface area (Å²) in [6.45, 7) is 1.20. The monoisotopic (exact) mass is 353 g/mol. The molecule has 2 heterocycles. The van der Waals surface area contributed by atoms with E-state index in [9.17, 15) is 12.8 Å². The van der Waals surface area contributed by atoms with Crippen LogP contribution in [0.4, 0.5) is 4.39 Å². The van der Waals surface area contributed by atoms with E-state index in [1.165, 1.54) is 12.1 Å². The number of hydrogen-bond donors (Lipinski definition) is 1. The molecule has 1 aromatic heterocycles. The lowest BCUT2D eigenvalue weighted by atomic mass is 9.92. The average molecular weight is 353 g/mol. The van der Waals surface area contributed by atoms with E-state index in [4.69, 9.17) is 4.74 Å². The fraction of sp³-hybridized carbons (Fsp3) is 0.438. The van der Waals surface area contributed by atoms with Crippen molar-refractivity contribution in [1.29, 1.82) is 0 Å². The summed E-state index contributed by atoms with van der Waals surface area (Å²) in [7, 11) is -1.95. The molecule has 1 saturated heterocycles. The maximum absolute atomic E-state index is 13.1. The Kier molecular flexibility index (Phi) is 4.98. The summed E-state index contributed by atoms with van der Waals surface area (Å²) >= 11 is 0. The van der Waals surface area contributed by atoms with E-state index in [1.54, 1.807) is 12.4 Å². The van der Waals surface area contributed by atoms with E-state index in [-0.39, 0.29) is 10.8 Å². The van der Waals surface area contributed by atoms with Gasteiger partial charge in [0.25, 0.3) is 0 Å². The van der Waals surface area contributed by atoms with Crippen LogP contribution in [-0.4, -0.2) is 31.2 Å². The van der Waals surface area contributed by atoms with Gasteiger partial charge in [0.15, 0.2) is 0 Å². The SMILES string of the molecule is Cn1ccnc1C(NS(=O)(=O)c1ccc(F)cc1)C1CCOCC1. The van der Waals surface area contributed by atoms with Crippen molar-refractivity contribution >= 4 is 10.0 Å². The number of rotatable bonds is 5. The molecule has 1 aliphatic rings. The predicted molar refractivity (Wildman–Crippen MR) is 86.2 cm³/mol. The molecular weight excluding hydrogens is 333 g/mol. The van der Waals surface area contributed by atoms with Crippen LogP contribution in [-0.2, 0) is 21.8 Å². The highest BCUT2D eigenvalue weighted by atomic mass is 32.2. The van der Waals surface area contributed by atoms with Gasteiger partial charge in [0.1, 0.15) is 11.6 Å². The van der Waals surface area contributed by atoms with Gasteiger partial charge in [-0.05, 0) is 43.0 Å². The van der Waals surface area contributed by atoms with Gasteiger partial charge in [-0.15, -0.1) is 0 Å². The van der Waals surface area contributed by atoms with Crippen molar-refractivity contribution in [3.8, 4) is 0 Å². The molecule has 1 unspecified atom stereocenters. The Morgan fingerprint density at radius 3 is 2.54 bits per heavy atom. The first-order chi connectivity index (χ1) is 11.5. The first-order valence-electron chi connectivity index (χ1n) is 7.80. The van der Waals surface area contributed by atoms with Gasteiger partial charge in [0, 0.05) is 32.7 Å². The molecule has 0 aliphatic carbocycles. The molecule has 1 N–H and O–H groups in total. The molecular formula is C16H20FN3O3S. The third-order valence-electron chi connectivity index (χ3n) is 4.28. The highest BCUT2D eigenvalue weighted by Gasteiger charge is 2.32. The predicted octanol–water partition coefficient (Wildman–Crippen LogP) is 2.01. The highest BCUT2D eigenvalue weighted by Crippen LogP contribution is 2.30. The fourth-order valence-corrected chi connectivity index (χ4v) is 4.20. The summed E-state index contributed by atoms with van der Waals surface area (Å²) in [6.07, 6.45) is 4.94. The van der Waals surface area contributed by atoms with Gasteiger partial charge in [-0.3, -0.25) is 0 Å². The summed E-state index contributed by atoms with van der Waals surface area (Å²) in [4.78, 5) is 4.36. The molecule has 130 valence electrons. The minimum Gasteiger partial charge on any atom is -0.381 e. The summed E-state index contributed by atoms with van der Waals surface area (Å²) < 4.78 is 48.4. The quantitative estimate of drug-likeness (QED) is 0.892. The second kappa shape index (κ2) is 7.00. The number of sulfonamides is 1. The molecule has 0 amide bonds. The van der Waals surface area contributed by atoms with Crippen LogP contribution in [0.1, 0.15) is 24.7 Å². The third kappa shape index (κ3) is 3.66. The second-order valence-electron chi connectivity index (χ2n) is 5.90. The van der Waals surface area contributed by atoms with Gasteiger partial charge in [-0.25, -0.2) is 22.5 Å². The topological polar surface area (TPSA) is 73.2 Å². The van der Waals surface area contributed by atoms with Gasteiger partial charge in [0.2, 0.25) is 10.0 Å². The van der Waals surface area contributed by atoms with E-state index >= 15 is 0 Å².